The van der Waals surface area contributed by atoms with Gasteiger partial charge in [0, 0.05) is 18.2 Å². The van der Waals surface area contributed by atoms with Crippen LogP contribution < -0.4 is 21.7 Å². The maximum absolute atomic E-state index is 12.4. The standard InChI is InChI=1S/C17H19F2N9O/c18-13(19)7-24-17(29)16-12(25-10-2-1-9(21)3-10)4-14(27-28-16)26-15-8-22-11(5-20)6-23-15/h4,6,8-10,13H,1-3,7,21H2,(H,24,29)(H2,23,25,26,27). The van der Waals surface area contributed by atoms with Gasteiger partial charge in [0.05, 0.1) is 24.6 Å². The predicted octanol–water partition coefficient (Wildman–Crippen LogP) is 1.17. The third-order valence-corrected chi connectivity index (χ3v) is 4.28. The molecule has 0 aromatic carbocycles. The van der Waals surface area contributed by atoms with Crippen molar-refractivity contribution in [2.24, 2.45) is 5.73 Å². The summed E-state index contributed by atoms with van der Waals surface area (Å²) in [6, 6.07) is 3.49. The summed E-state index contributed by atoms with van der Waals surface area (Å²) in [4.78, 5) is 20.2. The number of nitriles is 1. The zero-order valence-corrected chi connectivity index (χ0v) is 15.3. The Kier molecular flexibility index (Phi) is 6.40. The first-order valence-electron chi connectivity index (χ1n) is 8.90. The summed E-state index contributed by atoms with van der Waals surface area (Å²) in [5, 5.41) is 24.8. The van der Waals surface area contributed by atoms with Gasteiger partial charge in [0.25, 0.3) is 12.3 Å². The SMILES string of the molecule is N#Cc1cnc(Nc2cc(NC3CCC(N)C3)c(C(=O)NCC(F)F)nn2)cn1. The molecule has 1 saturated carbocycles. The van der Waals surface area contributed by atoms with Crippen LogP contribution in [-0.2, 0) is 0 Å². The normalized spacial score (nSPS) is 18.3. The molecule has 1 fully saturated rings. The molecule has 29 heavy (non-hydrogen) atoms. The maximum Gasteiger partial charge on any atom is 0.274 e. The number of alkyl halides is 2. The number of hydrogen-bond donors (Lipinski definition) is 4. The average Bonchev–Trinajstić information content (AvgIpc) is 3.11. The Morgan fingerprint density at radius 3 is 2.72 bits per heavy atom. The summed E-state index contributed by atoms with van der Waals surface area (Å²) in [7, 11) is 0. The van der Waals surface area contributed by atoms with Crippen molar-refractivity contribution in [3.05, 3.63) is 29.8 Å². The van der Waals surface area contributed by atoms with E-state index >= 15 is 0 Å². The van der Waals surface area contributed by atoms with Crippen LogP contribution in [0.2, 0.25) is 0 Å². The molecule has 2 aromatic heterocycles. The van der Waals surface area contributed by atoms with Gasteiger partial charge in [0.1, 0.15) is 11.9 Å². The number of nitrogens with zero attached hydrogens (tertiary/aromatic N) is 5. The molecular formula is C17H19F2N9O. The average molecular weight is 403 g/mol. The van der Waals surface area contributed by atoms with Crippen LogP contribution in [0.3, 0.4) is 0 Å². The summed E-state index contributed by atoms with van der Waals surface area (Å²) in [6.07, 6.45) is 2.34. The minimum Gasteiger partial charge on any atom is -0.380 e. The molecule has 2 heterocycles. The summed E-state index contributed by atoms with van der Waals surface area (Å²) in [6.45, 7) is -0.783. The molecular weight excluding hydrogens is 384 g/mol. The Morgan fingerprint density at radius 2 is 2.10 bits per heavy atom. The van der Waals surface area contributed by atoms with Gasteiger partial charge in [-0.05, 0) is 19.3 Å². The van der Waals surface area contributed by atoms with Gasteiger partial charge >= 0.3 is 0 Å². The second kappa shape index (κ2) is 9.16. The van der Waals surface area contributed by atoms with Crippen molar-refractivity contribution >= 4 is 23.2 Å². The Balaban J connectivity index is 1.81. The number of rotatable bonds is 7. The molecule has 3 rings (SSSR count). The summed E-state index contributed by atoms with van der Waals surface area (Å²) in [5.41, 5.74) is 6.34. The first-order valence-corrected chi connectivity index (χ1v) is 8.90. The number of anilines is 3. The fourth-order valence-electron chi connectivity index (χ4n) is 2.93. The Bertz CT molecular complexity index is 901. The number of aromatic nitrogens is 4. The van der Waals surface area contributed by atoms with Crippen LogP contribution in [0.25, 0.3) is 0 Å². The summed E-state index contributed by atoms with van der Waals surface area (Å²) < 4.78 is 24.8. The lowest BCUT2D eigenvalue weighted by atomic mass is 10.2. The second-order valence-electron chi connectivity index (χ2n) is 6.53. The van der Waals surface area contributed by atoms with Crippen molar-refractivity contribution in [1.29, 1.82) is 5.26 Å². The minimum atomic E-state index is -2.67. The van der Waals surface area contributed by atoms with Crippen molar-refractivity contribution in [3.8, 4) is 6.07 Å². The monoisotopic (exact) mass is 403 g/mol. The number of carbonyl (C=O) groups is 1. The van der Waals surface area contributed by atoms with Crippen molar-refractivity contribution in [3.63, 3.8) is 0 Å². The molecule has 0 spiro atoms. The number of nitrogens with one attached hydrogen (secondary N) is 3. The molecule has 1 aliphatic rings. The molecule has 1 aliphatic carbocycles. The molecule has 5 N–H and O–H groups in total. The third kappa shape index (κ3) is 5.52. The molecule has 12 heteroatoms. The first-order chi connectivity index (χ1) is 13.9. The lowest BCUT2D eigenvalue weighted by Gasteiger charge is -2.17. The van der Waals surface area contributed by atoms with Gasteiger partial charge in [0.2, 0.25) is 0 Å². The molecule has 2 aromatic rings. The molecule has 0 saturated heterocycles. The Hall–Kier alpha value is -3.46. The van der Waals surface area contributed by atoms with Gasteiger partial charge in [-0.2, -0.15) is 5.26 Å². The van der Waals surface area contributed by atoms with E-state index in [1.165, 1.54) is 18.5 Å². The topological polar surface area (TPSA) is 155 Å². The molecule has 152 valence electrons. The zero-order valence-electron chi connectivity index (χ0n) is 15.3. The molecule has 2 atom stereocenters. The highest BCUT2D eigenvalue weighted by Gasteiger charge is 2.24. The first kappa shape index (κ1) is 20.3. The number of carbonyl (C=O) groups excluding carboxylic acids is 1. The van der Waals surface area contributed by atoms with E-state index in [4.69, 9.17) is 11.0 Å². The Morgan fingerprint density at radius 1 is 1.28 bits per heavy atom. The molecule has 0 radical (unpaired) electrons. The van der Waals surface area contributed by atoms with Gasteiger partial charge in [-0.1, -0.05) is 0 Å². The zero-order chi connectivity index (χ0) is 20.8. The fourth-order valence-corrected chi connectivity index (χ4v) is 2.93. The molecule has 1 amide bonds. The van der Waals surface area contributed by atoms with E-state index in [1.54, 1.807) is 0 Å². The number of halogens is 2. The van der Waals surface area contributed by atoms with Gasteiger partial charge in [-0.15, -0.1) is 10.2 Å². The summed E-state index contributed by atoms with van der Waals surface area (Å²) >= 11 is 0. The molecule has 2 unspecified atom stereocenters. The van der Waals surface area contributed by atoms with E-state index in [9.17, 15) is 13.6 Å². The predicted molar refractivity (Wildman–Crippen MR) is 99.6 cm³/mol. The van der Waals surface area contributed by atoms with Gasteiger partial charge in [0.15, 0.2) is 17.2 Å². The van der Waals surface area contributed by atoms with E-state index in [0.717, 1.165) is 12.8 Å². The fraction of sp³-hybridized carbons (Fsp3) is 0.412. The minimum absolute atomic E-state index is 0.0263. The number of amides is 1. The van der Waals surface area contributed by atoms with Crippen LogP contribution in [0.5, 0.6) is 0 Å². The third-order valence-electron chi connectivity index (χ3n) is 4.28. The van der Waals surface area contributed by atoms with E-state index < -0.39 is 18.9 Å². The van der Waals surface area contributed by atoms with Crippen molar-refractivity contribution in [2.45, 2.75) is 37.8 Å². The highest BCUT2D eigenvalue weighted by molar-refractivity contribution is 5.97. The van der Waals surface area contributed by atoms with Crippen molar-refractivity contribution in [2.75, 3.05) is 17.2 Å². The maximum atomic E-state index is 12.4. The lowest BCUT2D eigenvalue weighted by Crippen LogP contribution is -2.31. The highest BCUT2D eigenvalue weighted by Crippen LogP contribution is 2.25. The van der Waals surface area contributed by atoms with Gasteiger partial charge < -0.3 is 21.7 Å². The van der Waals surface area contributed by atoms with Crippen LogP contribution in [0, 0.1) is 11.3 Å². The van der Waals surface area contributed by atoms with Crippen LogP contribution in [0.4, 0.5) is 26.1 Å². The van der Waals surface area contributed by atoms with E-state index in [2.05, 4.69) is 36.1 Å². The molecule has 10 nitrogen and oxygen atoms in total. The molecule has 0 aliphatic heterocycles. The number of nitrogens with two attached hydrogens (primary N) is 1. The van der Waals surface area contributed by atoms with E-state index in [-0.39, 0.29) is 29.3 Å². The second-order valence-corrected chi connectivity index (χ2v) is 6.53. The number of hydrogen-bond acceptors (Lipinski definition) is 9. The Labute approximate surface area is 164 Å². The van der Waals surface area contributed by atoms with Gasteiger partial charge in [-0.25, -0.2) is 18.7 Å². The van der Waals surface area contributed by atoms with Crippen LogP contribution in [0.1, 0.15) is 35.4 Å². The van der Waals surface area contributed by atoms with E-state index in [1.807, 2.05) is 6.07 Å². The van der Waals surface area contributed by atoms with E-state index in [0.29, 0.717) is 17.9 Å². The lowest BCUT2D eigenvalue weighted by molar-refractivity contribution is 0.0887. The highest BCUT2D eigenvalue weighted by atomic mass is 19.3. The molecule has 0 bridgehead atoms. The smallest absolute Gasteiger partial charge is 0.274 e. The van der Waals surface area contributed by atoms with Gasteiger partial charge in [-0.3, -0.25) is 4.79 Å². The summed E-state index contributed by atoms with van der Waals surface area (Å²) in [5.74, 6) is -0.173. The van der Waals surface area contributed by atoms with Crippen molar-refractivity contribution in [1.82, 2.24) is 25.5 Å². The van der Waals surface area contributed by atoms with Crippen LogP contribution in [-0.4, -0.2) is 51.1 Å². The van der Waals surface area contributed by atoms with Crippen LogP contribution >= 0.6 is 0 Å². The quantitative estimate of drug-likeness (QED) is 0.533. The van der Waals surface area contributed by atoms with Crippen LogP contribution in [0.15, 0.2) is 18.5 Å². The van der Waals surface area contributed by atoms with Crippen molar-refractivity contribution < 1.29 is 13.6 Å². The largest absolute Gasteiger partial charge is 0.380 e.